The first-order valence-corrected chi connectivity index (χ1v) is 7.43. The molecule has 2 fully saturated rings. The van der Waals surface area contributed by atoms with Crippen molar-refractivity contribution < 1.29 is 0 Å². The maximum Gasteiger partial charge on any atom is 0.146 e. The van der Waals surface area contributed by atoms with Gasteiger partial charge in [-0.1, -0.05) is 0 Å². The lowest BCUT2D eigenvalue weighted by atomic mass is 9.79. The number of likely N-dealkylation sites (tertiary alicyclic amines) is 1. The van der Waals surface area contributed by atoms with Crippen LogP contribution in [0.25, 0.3) is 0 Å². The summed E-state index contributed by atoms with van der Waals surface area (Å²) < 4.78 is 0. The first kappa shape index (κ1) is 13.4. The van der Waals surface area contributed by atoms with Gasteiger partial charge in [0.2, 0.25) is 0 Å². The number of rotatable bonds is 1. The van der Waals surface area contributed by atoms with Gasteiger partial charge in [0.05, 0.1) is 5.56 Å². The molecule has 1 unspecified atom stereocenters. The van der Waals surface area contributed by atoms with Crippen molar-refractivity contribution in [2.75, 3.05) is 38.1 Å². The Balaban J connectivity index is 1.88. The summed E-state index contributed by atoms with van der Waals surface area (Å²) in [5.41, 5.74) is 2.10. The van der Waals surface area contributed by atoms with Gasteiger partial charge < -0.3 is 9.80 Å². The summed E-state index contributed by atoms with van der Waals surface area (Å²) in [6.45, 7) is 6.43. The molecule has 4 nitrogen and oxygen atoms in total. The Labute approximate surface area is 121 Å². The van der Waals surface area contributed by atoms with E-state index in [4.69, 9.17) is 0 Å². The molecule has 4 heteroatoms. The molecule has 0 N–H and O–H groups in total. The van der Waals surface area contributed by atoms with Crippen LogP contribution in [0.1, 0.15) is 30.5 Å². The van der Waals surface area contributed by atoms with Crippen molar-refractivity contribution in [2.24, 2.45) is 5.41 Å². The Morgan fingerprint density at radius 1 is 1.25 bits per heavy atom. The number of pyridine rings is 1. The Morgan fingerprint density at radius 3 is 2.80 bits per heavy atom. The van der Waals surface area contributed by atoms with E-state index in [0.717, 1.165) is 24.6 Å². The molecule has 3 rings (SSSR count). The molecular weight excluding hydrogens is 248 g/mol. The van der Waals surface area contributed by atoms with E-state index in [0.29, 0.717) is 11.0 Å². The third-order valence-electron chi connectivity index (χ3n) is 4.72. The predicted molar refractivity (Wildman–Crippen MR) is 79.7 cm³/mol. The predicted octanol–water partition coefficient (Wildman–Crippen LogP) is 2.18. The molecule has 0 aliphatic carbocycles. The van der Waals surface area contributed by atoms with Crippen LogP contribution < -0.4 is 4.90 Å². The number of piperidine rings is 1. The van der Waals surface area contributed by atoms with E-state index in [9.17, 15) is 5.26 Å². The van der Waals surface area contributed by atoms with Gasteiger partial charge in [-0.05, 0) is 51.9 Å². The van der Waals surface area contributed by atoms with Crippen LogP contribution in [0.15, 0.2) is 12.1 Å². The van der Waals surface area contributed by atoms with Gasteiger partial charge >= 0.3 is 0 Å². The molecule has 0 radical (unpaired) electrons. The quantitative estimate of drug-likeness (QED) is 0.784. The minimum absolute atomic E-state index is 0.408. The maximum atomic E-state index is 9.31. The Hall–Kier alpha value is -1.60. The lowest BCUT2D eigenvalue weighted by Gasteiger charge is -2.41. The van der Waals surface area contributed by atoms with Crippen molar-refractivity contribution in [3.63, 3.8) is 0 Å². The summed E-state index contributed by atoms with van der Waals surface area (Å²) in [6, 6.07) is 6.12. The number of anilines is 1. The van der Waals surface area contributed by atoms with Crippen LogP contribution >= 0.6 is 0 Å². The molecule has 2 saturated heterocycles. The van der Waals surface area contributed by atoms with E-state index >= 15 is 0 Å². The first-order valence-electron chi connectivity index (χ1n) is 7.43. The van der Waals surface area contributed by atoms with E-state index in [1.54, 1.807) is 0 Å². The zero-order valence-electron chi connectivity index (χ0n) is 12.4. The minimum Gasteiger partial charge on any atom is -0.355 e. The molecule has 2 aliphatic rings. The second-order valence-corrected chi connectivity index (χ2v) is 6.45. The van der Waals surface area contributed by atoms with E-state index in [1.165, 1.54) is 32.4 Å². The Kier molecular flexibility index (Phi) is 3.39. The third kappa shape index (κ3) is 2.38. The van der Waals surface area contributed by atoms with E-state index in [2.05, 4.69) is 27.9 Å². The highest BCUT2D eigenvalue weighted by Crippen LogP contribution is 2.39. The zero-order chi connectivity index (χ0) is 14.2. The fourth-order valence-electron chi connectivity index (χ4n) is 3.75. The summed E-state index contributed by atoms with van der Waals surface area (Å²) >= 11 is 0. The van der Waals surface area contributed by atoms with Crippen LogP contribution in [0.5, 0.6) is 0 Å². The van der Waals surface area contributed by atoms with Crippen LogP contribution in [-0.2, 0) is 0 Å². The SMILES string of the molecule is Cc1ccc(C#N)c(N2CCCC3(CCN(C)C3)C2)n1. The number of hydrogen-bond acceptors (Lipinski definition) is 4. The second kappa shape index (κ2) is 5.06. The number of aryl methyl sites for hydroxylation is 1. The molecule has 2 aliphatic heterocycles. The van der Waals surface area contributed by atoms with Gasteiger partial charge in [0.15, 0.2) is 0 Å². The Morgan fingerprint density at radius 2 is 2.10 bits per heavy atom. The summed E-state index contributed by atoms with van der Waals surface area (Å²) in [5, 5.41) is 9.31. The summed E-state index contributed by atoms with van der Waals surface area (Å²) in [4.78, 5) is 9.40. The average molecular weight is 270 g/mol. The zero-order valence-corrected chi connectivity index (χ0v) is 12.4. The number of nitriles is 1. The highest BCUT2D eigenvalue weighted by molar-refractivity contribution is 5.54. The largest absolute Gasteiger partial charge is 0.355 e. The van der Waals surface area contributed by atoms with Crippen molar-refractivity contribution in [1.82, 2.24) is 9.88 Å². The number of nitrogens with zero attached hydrogens (tertiary/aromatic N) is 4. The summed E-state index contributed by atoms with van der Waals surface area (Å²) in [5.74, 6) is 0.890. The van der Waals surface area contributed by atoms with Crippen LogP contribution in [-0.4, -0.2) is 43.1 Å². The fraction of sp³-hybridized carbons (Fsp3) is 0.625. The molecule has 106 valence electrons. The van der Waals surface area contributed by atoms with Gasteiger partial charge in [-0.15, -0.1) is 0 Å². The fourth-order valence-corrected chi connectivity index (χ4v) is 3.75. The molecule has 1 aromatic rings. The molecule has 0 bridgehead atoms. The minimum atomic E-state index is 0.408. The van der Waals surface area contributed by atoms with Crippen molar-refractivity contribution in [3.05, 3.63) is 23.4 Å². The van der Waals surface area contributed by atoms with Crippen molar-refractivity contribution >= 4 is 5.82 Å². The standard InChI is InChI=1S/C16H22N4/c1-13-4-5-14(10-17)15(18-13)20-8-3-6-16(12-20)7-9-19(2)11-16/h4-5H,3,6-9,11-12H2,1-2H3. The molecule has 0 saturated carbocycles. The molecular formula is C16H22N4. The summed E-state index contributed by atoms with van der Waals surface area (Å²) in [6.07, 6.45) is 3.78. The third-order valence-corrected chi connectivity index (χ3v) is 4.72. The van der Waals surface area contributed by atoms with Gasteiger partial charge in [0, 0.05) is 30.7 Å². The van der Waals surface area contributed by atoms with Gasteiger partial charge in [-0.25, -0.2) is 4.98 Å². The first-order chi connectivity index (χ1) is 9.62. The molecule has 1 aromatic heterocycles. The van der Waals surface area contributed by atoms with Gasteiger partial charge in [-0.3, -0.25) is 0 Å². The lowest BCUT2D eigenvalue weighted by Crippen LogP contribution is -2.45. The van der Waals surface area contributed by atoms with Crippen molar-refractivity contribution in [2.45, 2.75) is 26.2 Å². The monoisotopic (exact) mass is 270 g/mol. The summed E-state index contributed by atoms with van der Waals surface area (Å²) in [7, 11) is 2.21. The highest BCUT2D eigenvalue weighted by Gasteiger charge is 2.40. The van der Waals surface area contributed by atoms with Crippen LogP contribution in [0.2, 0.25) is 0 Å². The van der Waals surface area contributed by atoms with Crippen LogP contribution in [0, 0.1) is 23.7 Å². The highest BCUT2D eigenvalue weighted by atomic mass is 15.2. The molecule has 20 heavy (non-hydrogen) atoms. The molecule has 1 spiro atoms. The van der Waals surface area contributed by atoms with Crippen LogP contribution in [0.4, 0.5) is 5.82 Å². The van der Waals surface area contributed by atoms with E-state index in [1.807, 2.05) is 19.1 Å². The Bertz CT molecular complexity index is 544. The van der Waals surface area contributed by atoms with E-state index in [-0.39, 0.29) is 0 Å². The van der Waals surface area contributed by atoms with Gasteiger partial charge in [0.25, 0.3) is 0 Å². The lowest BCUT2D eigenvalue weighted by molar-refractivity contribution is 0.233. The van der Waals surface area contributed by atoms with Gasteiger partial charge in [0.1, 0.15) is 11.9 Å². The average Bonchev–Trinajstić information content (AvgIpc) is 2.79. The van der Waals surface area contributed by atoms with E-state index < -0.39 is 0 Å². The van der Waals surface area contributed by atoms with Crippen LogP contribution in [0.3, 0.4) is 0 Å². The molecule has 1 atom stereocenters. The molecule has 0 aromatic carbocycles. The van der Waals surface area contributed by atoms with Crippen molar-refractivity contribution in [1.29, 1.82) is 5.26 Å². The molecule has 3 heterocycles. The second-order valence-electron chi connectivity index (χ2n) is 6.45. The normalized spacial score (nSPS) is 26.9. The number of hydrogen-bond donors (Lipinski definition) is 0. The smallest absolute Gasteiger partial charge is 0.146 e. The molecule has 0 amide bonds. The number of aromatic nitrogens is 1. The van der Waals surface area contributed by atoms with Gasteiger partial charge in [-0.2, -0.15) is 5.26 Å². The van der Waals surface area contributed by atoms with Crippen molar-refractivity contribution in [3.8, 4) is 6.07 Å². The topological polar surface area (TPSA) is 43.2 Å². The maximum absolute atomic E-state index is 9.31.